The SMILES string of the molecule is CC.Cc1ccnc(NC(=O)C2CC2)c1. The fourth-order valence-electron chi connectivity index (χ4n) is 1.18. The van der Waals surface area contributed by atoms with Crippen molar-refractivity contribution in [3.8, 4) is 0 Å². The number of amides is 1. The largest absolute Gasteiger partial charge is 0.310 e. The minimum Gasteiger partial charge on any atom is -0.310 e. The molecule has 2 rings (SSSR count). The summed E-state index contributed by atoms with van der Waals surface area (Å²) in [5.74, 6) is 1.01. The first-order chi connectivity index (χ1) is 7.25. The zero-order valence-electron chi connectivity index (χ0n) is 9.58. The van der Waals surface area contributed by atoms with Crippen LogP contribution in [0.5, 0.6) is 0 Å². The Morgan fingerprint density at radius 3 is 2.67 bits per heavy atom. The van der Waals surface area contributed by atoms with Crippen molar-refractivity contribution in [2.75, 3.05) is 5.32 Å². The monoisotopic (exact) mass is 206 g/mol. The van der Waals surface area contributed by atoms with Gasteiger partial charge < -0.3 is 5.32 Å². The number of nitrogens with one attached hydrogen (secondary N) is 1. The Bertz CT molecular complexity index is 332. The summed E-state index contributed by atoms with van der Waals surface area (Å²) in [6, 6.07) is 3.78. The van der Waals surface area contributed by atoms with Crippen LogP contribution >= 0.6 is 0 Å². The quantitative estimate of drug-likeness (QED) is 0.808. The van der Waals surface area contributed by atoms with Crippen molar-refractivity contribution in [3.63, 3.8) is 0 Å². The predicted octanol–water partition coefficient (Wildman–Crippen LogP) is 2.76. The maximum absolute atomic E-state index is 11.3. The molecule has 0 aliphatic heterocycles. The average molecular weight is 206 g/mol. The van der Waals surface area contributed by atoms with E-state index in [4.69, 9.17) is 0 Å². The number of carbonyl (C=O) groups excluding carboxylic acids is 1. The van der Waals surface area contributed by atoms with Gasteiger partial charge in [-0.1, -0.05) is 13.8 Å². The van der Waals surface area contributed by atoms with Crippen LogP contribution in [0.4, 0.5) is 5.82 Å². The maximum Gasteiger partial charge on any atom is 0.228 e. The Morgan fingerprint density at radius 2 is 2.13 bits per heavy atom. The third-order valence-electron chi connectivity index (χ3n) is 2.11. The Kier molecular flexibility index (Phi) is 4.28. The molecule has 0 radical (unpaired) electrons. The van der Waals surface area contributed by atoms with Crippen molar-refractivity contribution >= 4 is 11.7 Å². The summed E-state index contributed by atoms with van der Waals surface area (Å²) >= 11 is 0. The lowest BCUT2D eigenvalue weighted by Gasteiger charge is -2.02. The highest BCUT2D eigenvalue weighted by atomic mass is 16.2. The molecule has 0 spiro atoms. The van der Waals surface area contributed by atoms with E-state index in [1.165, 1.54) is 0 Å². The van der Waals surface area contributed by atoms with Crippen LogP contribution in [0.2, 0.25) is 0 Å². The van der Waals surface area contributed by atoms with Gasteiger partial charge in [0, 0.05) is 12.1 Å². The van der Waals surface area contributed by atoms with Crippen molar-refractivity contribution in [3.05, 3.63) is 23.9 Å². The Morgan fingerprint density at radius 1 is 1.47 bits per heavy atom. The molecule has 1 amide bonds. The summed E-state index contributed by atoms with van der Waals surface area (Å²) in [5.41, 5.74) is 1.11. The number of hydrogen-bond acceptors (Lipinski definition) is 2. The molecule has 3 heteroatoms. The molecule has 1 fully saturated rings. The number of rotatable bonds is 2. The molecule has 1 aliphatic carbocycles. The van der Waals surface area contributed by atoms with Gasteiger partial charge in [-0.25, -0.2) is 4.98 Å². The molecule has 3 nitrogen and oxygen atoms in total. The molecule has 1 heterocycles. The zero-order valence-corrected chi connectivity index (χ0v) is 9.58. The van der Waals surface area contributed by atoms with Crippen LogP contribution in [-0.2, 0) is 4.79 Å². The van der Waals surface area contributed by atoms with Gasteiger partial charge >= 0.3 is 0 Å². The molecule has 0 atom stereocenters. The zero-order chi connectivity index (χ0) is 11.3. The van der Waals surface area contributed by atoms with Crippen molar-refractivity contribution in [2.24, 2.45) is 5.92 Å². The van der Waals surface area contributed by atoms with E-state index in [2.05, 4.69) is 10.3 Å². The lowest BCUT2D eigenvalue weighted by Crippen LogP contribution is -2.14. The van der Waals surface area contributed by atoms with Crippen LogP contribution in [-0.4, -0.2) is 10.9 Å². The summed E-state index contributed by atoms with van der Waals surface area (Å²) in [5, 5.41) is 2.79. The van der Waals surface area contributed by atoms with Crippen molar-refractivity contribution < 1.29 is 4.79 Å². The number of carbonyl (C=O) groups is 1. The van der Waals surface area contributed by atoms with Gasteiger partial charge in [0.05, 0.1) is 0 Å². The highest BCUT2D eigenvalue weighted by Crippen LogP contribution is 2.29. The first-order valence-electron chi connectivity index (χ1n) is 5.49. The van der Waals surface area contributed by atoms with Crippen LogP contribution in [0.3, 0.4) is 0 Å². The molecule has 0 bridgehead atoms. The summed E-state index contributed by atoms with van der Waals surface area (Å²) in [6.07, 6.45) is 3.76. The molecule has 1 aromatic rings. The number of pyridine rings is 1. The van der Waals surface area contributed by atoms with Gasteiger partial charge in [-0.2, -0.15) is 0 Å². The topological polar surface area (TPSA) is 42.0 Å². The number of aryl methyl sites for hydroxylation is 1. The Hall–Kier alpha value is -1.38. The van der Waals surface area contributed by atoms with Gasteiger partial charge in [0.25, 0.3) is 0 Å². The van der Waals surface area contributed by atoms with Gasteiger partial charge in [-0.15, -0.1) is 0 Å². The minimum absolute atomic E-state index is 0.109. The molecule has 0 aromatic carbocycles. The Labute approximate surface area is 90.9 Å². The molecule has 82 valence electrons. The summed E-state index contributed by atoms with van der Waals surface area (Å²) in [6.45, 7) is 5.98. The fourth-order valence-corrected chi connectivity index (χ4v) is 1.18. The van der Waals surface area contributed by atoms with Gasteiger partial charge in [-0.05, 0) is 37.5 Å². The van der Waals surface area contributed by atoms with E-state index in [-0.39, 0.29) is 11.8 Å². The molecule has 1 aromatic heterocycles. The van der Waals surface area contributed by atoms with Gasteiger partial charge in [0.1, 0.15) is 5.82 Å². The highest BCUT2D eigenvalue weighted by molar-refractivity contribution is 5.93. The van der Waals surface area contributed by atoms with Gasteiger partial charge in [0.2, 0.25) is 5.91 Å². The molecule has 0 saturated heterocycles. The van der Waals surface area contributed by atoms with E-state index in [0.29, 0.717) is 5.82 Å². The van der Waals surface area contributed by atoms with E-state index in [1.807, 2.05) is 32.9 Å². The number of aromatic nitrogens is 1. The van der Waals surface area contributed by atoms with Crippen LogP contribution in [0.1, 0.15) is 32.3 Å². The highest BCUT2D eigenvalue weighted by Gasteiger charge is 2.29. The second kappa shape index (κ2) is 5.49. The van der Waals surface area contributed by atoms with Crippen LogP contribution in [0.15, 0.2) is 18.3 Å². The number of hydrogen-bond donors (Lipinski definition) is 1. The number of anilines is 1. The first kappa shape index (κ1) is 11.7. The third-order valence-corrected chi connectivity index (χ3v) is 2.11. The molecule has 0 unspecified atom stereocenters. The minimum atomic E-state index is 0.109. The van der Waals surface area contributed by atoms with E-state index < -0.39 is 0 Å². The van der Waals surface area contributed by atoms with Crippen molar-refractivity contribution in [1.29, 1.82) is 0 Å². The molecule has 15 heavy (non-hydrogen) atoms. The predicted molar refractivity (Wildman–Crippen MR) is 61.7 cm³/mol. The summed E-state index contributed by atoms with van der Waals surface area (Å²) in [7, 11) is 0. The maximum atomic E-state index is 11.3. The Balaban J connectivity index is 0.000000531. The van der Waals surface area contributed by atoms with E-state index in [0.717, 1.165) is 18.4 Å². The van der Waals surface area contributed by atoms with Gasteiger partial charge in [0.15, 0.2) is 0 Å². The van der Waals surface area contributed by atoms with Crippen LogP contribution in [0, 0.1) is 12.8 Å². The van der Waals surface area contributed by atoms with E-state index >= 15 is 0 Å². The molecule has 1 saturated carbocycles. The van der Waals surface area contributed by atoms with Gasteiger partial charge in [-0.3, -0.25) is 4.79 Å². The smallest absolute Gasteiger partial charge is 0.228 e. The normalized spacial score (nSPS) is 13.8. The summed E-state index contributed by atoms with van der Waals surface area (Å²) < 4.78 is 0. The third kappa shape index (κ3) is 3.70. The lowest BCUT2D eigenvalue weighted by molar-refractivity contribution is -0.117. The van der Waals surface area contributed by atoms with Crippen molar-refractivity contribution in [2.45, 2.75) is 33.6 Å². The van der Waals surface area contributed by atoms with Crippen molar-refractivity contribution in [1.82, 2.24) is 4.98 Å². The first-order valence-corrected chi connectivity index (χ1v) is 5.49. The van der Waals surface area contributed by atoms with E-state index in [9.17, 15) is 4.79 Å². The second-order valence-electron chi connectivity index (χ2n) is 3.48. The standard InChI is InChI=1S/C10H12N2O.C2H6/c1-7-4-5-11-9(6-7)12-10(13)8-2-3-8;1-2/h4-6,8H,2-3H2,1H3,(H,11,12,13);1-2H3. The second-order valence-corrected chi connectivity index (χ2v) is 3.48. The molecular weight excluding hydrogens is 188 g/mol. The molecule has 1 aliphatic rings. The molecular formula is C12H18N2O. The lowest BCUT2D eigenvalue weighted by atomic mass is 10.3. The van der Waals surface area contributed by atoms with Crippen LogP contribution < -0.4 is 5.32 Å². The average Bonchev–Trinajstić information content (AvgIpc) is 3.04. The van der Waals surface area contributed by atoms with Crippen LogP contribution in [0.25, 0.3) is 0 Å². The summed E-state index contributed by atoms with van der Waals surface area (Å²) in [4.78, 5) is 15.4. The molecule has 1 N–H and O–H groups in total. The number of nitrogens with zero attached hydrogens (tertiary/aromatic N) is 1. The van der Waals surface area contributed by atoms with E-state index in [1.54, 1.807) is 6.20 Å². The fraction of sp³-hybridized carbons (Fsp3) is 0.500.